The lowest BCUT2D eigenvalue weighted by Crippen LogP contribution is -2.18. The van der Waals surface area contributed by atoms with Crippen molar-refractivity contribution in [3.63, 3.8) is 0 Å². The summed E-state index contributed by atoms with van der Waals surface area (Å²) in [6, 6.07) is 19.2. The topological polar surface area (TPSA) is 60.4 Å². The fourth-order valence-corrected chi connectivity index (χ4v) is 5.72. The highest BCUT2D eigenvalue weighted by atomic mass is 35.5. The predicted octanol–water partition coefficient (Wildman–Crippen LogP) is 6.66. The molecule has 32 heavy (non-hydrogen) atoms. The number of halogens is 1. The van der Waals surface area contributed by atoms with Gasteiger partial charge in [-0.25, -0.2) is 4.98 Å². The molecular formula is C24H14ClN3O2S2. The van der Waals surface area contributed by atoms with E-state index in [0.717, 1.165) is 32.7 Å². The van der Waals surface area contributed by atoms with Crippen molar-refractivity contribution in [2.24, 2.45) is 0 Å². The van der Waals surface area contributed by atoms with Gasteiger partial charge in [-0.2, -0.15) is 9.61 Å². The molecule has 0 aliphatic heterocycles. The van der Waals surface area contributed by atoms with Crippen LogP contribution in [0.15, 0.2) is 86.5 Å². The standard InChI is InChI=1S/C24H14ClN3O2S2/c25-15-9-7-14(8-10-15)19-13-32-23-20(19)24(29)28-21(26-23)17-5-1-2-6-18(17)22(27-28)31-12-16-4-3-11-30-16/h1-11,13H,12H2. The van der Waals surface area contributed by atoms with Crippen molar-refractivity contribution in [1.82, 2.24) is 14.6 Å². The van der Waals surface area contributed by atoms with Crippen LogP contribution in [-0.2, 0) is 5.75 Å². The highest BCUT2D eigenvalue weighted by molar-refractivity contribution is 7.98. The smallest absolute Gasteiger partial charge is 0.283 e. The average molecular weight is 476 g/mol. The number of benzene rings is 2. The predicted molar refractivity (Wildman–Crippen MR) is 131 cm³/mol. The molecule has 0 saturated carbocycles. The molecule has 0 atom stereocenters. The van der Waals surface area contributed by atoms with E-state index in [1.165, 1.54) is 27.6 Å². The second-order valence-corrected chi connectivity index (χ2v) is 9.47. The second-order valence-electron chi connectivity index (χ2n) is 7.21. The quantitative estimate of drug-likeness (QED) is 0.210. The molecule has 4 aromatic heterocycles. The lowest BCUT2D eigenvalue weighted by atomic mass is 10.1. The minimum absolute atomic E-state index is 0.179. The van der Waals surface area contributed by atoms with E-state index in [1.807, 2.05) is 66.0 Å². The van der Waals surface area contributed by atoms with Crippen molar-refractivity contribution < 1.29 is 4.42 Å². The number of furan rings is 1. The van der Waals surface area contributed by atoms with Crippen molar-refractivity contribution in [1.29, 1.82) is 0 Å². The van der Waals surface area contributed by atoms with E-state index in [-0.39, 0.29) is 5.56 Å². The number of fused-ring (bicyclic) bond motifs is 4. The molecule has 0 aliphatic carbocycles. The molecule has 0 bridgehead atoms. The molecule has 0 saturated heterocycles. The van der Waals surface area contributed by atoms with Crippen molar-refractivity contribution in [2.45, 2.75) is 10.8 Å². The van der Waals surface area contributed by atoms with Gasteiger partial charge in [0.25, 0.3) is 5.56 Å². The normalized spacial score (nSPS) is 11.7. The van der Waals surface area contributed by atoms with Crippen LogP contribution in [0, 0.1) is 0 Å². The first-order chi connectivity index (χ1) is 15.7. The van der Waals surface area contributed by atoms with Crippen LogP contribution in [0.5, 0.6) is 0 Å². The van der Waals surface area contributed by atoms with Gasteiger partial charge in [0, 0.05) is 26.7 Å². The molecule has 6 rings (SSSR count). The van der Waals surface area contributed by atoms with Gasteiger partial charge in [0.05, 0.1) is 17.4 Å². The SMILES string of the molecule is O=c1c2c(-c3ccc(Cl)cc3)csc2nc2c3ccccc3c(SCc3ccco3)nn12. The van der Waals surface area contributed by atoms with Gasteiger partial charge < -0.3 is 4.42 Å². The number of hydrogen-bond donors (Lipinski definition) is 0. The summed E-state index contributed by atoms with van der Waals surface area (Å²) < 4.78 is 6.89. The van der Waals surface area contributed by atoms with E-state index < -0.39 is 0 Å². The summed E-state index contributed by atoms with van der Waals surface area (Å²) in [4.78, 5) is 19.2. The molecule has 6 aromatic rings. The van der Waals surface area contributed by atoms with Gasteiger partial charge in [-0.1, -0.05) is 59.8 Å². The Morgan fingerprint density at radius 1 is 1.03 bits per heavy atom. The maximum absolute atomic E-state index is 13.7. The lowest BCUT2D eigenvalue weighted by Gasteiger charge is -2.09. The molecule has 0 radical (unpaired) electrons. The number of aromatic nitrogens is 3. The zero-order valence-electron chi connectivity index (χ0n) is 16.5. The van der Waals surface area contributed by atoms with Gasteiger partial charge in [0.2, 0.25) is 0 Å². The third-order valence-corrected chi connectivity index (χ3v) is 7.39. The van der Waals surface area contributed by atoms with Crippen molar-refractivity contribution in [3.8, 4) is 11.1 Å². The van der Waals surface area contributed by atoms with E-state index in [4.69, 9.17) is 26.1 Å². The van der Waals surface area contributed by atoms with Gasteiger partial charge in [-0.15, -0.1) is 11.3 Å². The van der Waals surface area contributed by atoms with Gasteiger partial charge in [-0.3, -0.25) is 4.79 Å². The number of nitrogens with zero attached hydrogens (tertiary/aromatic N) is 3. The third-order valence-electron chi connectivity index (χ3n) is 5.26. The molecule has 0 amide bonds. The van der Waals surface area contributed by atoms with Crippen LogP contribution in [0.3, 0.4) is 0 Å². The van der Waals surface area contributed by atoms with Gasteiger partial charge in [-0.05, 0) is 29.8 Å². The van der Waals surface area contributed by atoms with E-state index in [1.54, 1.807) is 6.26 Å². The first-order valence-corrected chi connectivity index (χ1v) is 12.1. The Labute approximate surface area is 195 Å². The fourth-order valence-electron chi connectivity index (χ4n) is 3.74. The summed E-state index contributed by atoms with van der Waals surface area (Å²) in [6.45, 7) is 0. The summed E-state index contributed by atoms with van der Waals surface area (Å²) in [6.07, 6.45) is 1.65. The Morgan fingerprint density at radius 2 is 1.84 bits per heavy atom. The minimum Gasteiger partial charge on any atom is -0.468 e. The first kappa shape index (κ1) is 19.5. The van der Waals surface area contributed by atoms with E-state index in [9.17, 15) is 4.79 Å². The molecule has 0 aliphatic rings. The van der Waals surface area contributed by atoms with Gasteiger partial charge >= 0.3 is 0 Å². The molecule has 8 heteroatoms. The maximum atomic E-state index is 13.7. The van der Waals surface area contributed by atoms with Crippen molar-refractivity contribution >= 4 is 61.3 Å². The molecule has 156 valence electrons. The molecule has 0 spiro atoms. The summed E-state index contributed by atoms with van der Waals surface area (Å²) in [5, 5.41) is 10.5. The fraction of sp³-hybridized carbons (Fsp3) is 0.0417. The largest absolute Gasteiger partial charge is 0.468 e. The Hall–Kier alpha value is -3.13. The molecule has 5 nitrogen and oxygen atoms in total. The van der Waals surface area contributed by atoms with Gasteiger partial charge in [0.15, 0.2) is 5.65 Å². The number of thioether (sulfide) groups is 1. The first-order valence-electron chi connectivity index (χ1n) is 9.83. The maximum Gasteiger partial charge on any atom is 0.283 e. The van der Waals surface area contributed by atoms with Crippen molar-refractivity contribution in [3.05, 3.63) is 93.4 Å². The van der Waals surface area contributed by atoms with Crippen LogP contribution in [0.4, 0.5) is 0 Å². The Bertz CT molecular complexity index is 1660. The zero-order valence-corrected chi connectivity index (χ0v) is 18.9. The van der Waals surface area contributed by atoms with E-state index >= 15 is 0 Å². The van der Waals surface area contributed by atoms with Gasteiger partial charge in [0.1, 0.15) is 15.6 Å². The summed E-state index contributed by atoms with van der Waals surface area (Å²) in [5.74, 6) is 1.47. The molecular weight excluding hydrogens is 462 g/mol. The lowest BCUT2D eigenvalue weighted by molar-refractivity contribution is 0.530. The molecule has 4 heterocycles. The van der Waals surface area contributed by atoms with Crippen LogP contribution in [0.2, 0.25) is 5.02 Å². The summed E-state index contributed by atoms with van der Waals surface area (Å²) in [5.41, 5.74) is 2.15. The zero-order chi connectivity index (χ0) is 21.7. The average Bonchev–Trinajstić information content (AvgIpc) is 3.49. The monoisotopic (exact) mass is 475 g/mol. The highest BCUT2D eigenvalue weighted by Gasteiger charge is 2.18. The Kier molecular flexibility index (Phi) is 4.75. The Morgan fingerprint density at radius 3 is 2.62 bits per heavy atom. The minimum atomic E-state index is -0.179. The van der Waals surface area contributed by atoms with Crippen LogP contribution in [0.1, 0.15) is 5.76 Å². The molecule has 0 fully saturated rings. The summed E-state index contributed by atoms with van der Waals surface area (Å²) in [7, 11) is 0. The molecule has 0 N–H and O–H groups in total. The highest BCUT2D eigenvalue weighted by Crippen LogP contribution is 2.34. The number of thiophene rings is 1. The van der Waals surface area contributed by atoms with Crippen LogP contribution < -0.4 is 5.56 Å². The third kappa shape index (κ3) is 3.21. The second kappa shape index (κ2) is 7.78. The Balaban J connectivity index is 1.60. The molecule has 0 unspecified atom stereocenters. The van der Waals surface area contributed by atoms with E-state index in [0.29, 0.717) is 26.6 Å². The van der Waals surface area contributed by atoms with Crippen molar-refractivity contribution in [2.75, 3.05) is 0 Å². The molecule has 2 aromatic carbocycles. The van der Waals surface area contributed by atoms with Crippen LogP contribution >= 0.6 is 34.7 Å². The van der Waals surface area contributed by atoms with Crippen LogP contribution in [0.25, 0.3) is 37.8 Å². The number of hydrogen-bond acceptors (Lipinski definition) is 6. The van der Waals surface area contributed by atoms with E-state index in [2.05, 4.69) is 0 Å². The summed E-state index contributed by atoms with van der Waals surface area (Å²) >= 11 is 9.04. The number of rotatable bonds is 4. The van der Waals surface area contributed by atoms with Crippen LogP contribution in [-0.4, -0.2) is 14.6 Å².